The third-order valence-electron chi connectivity index (χ3n) is 3.49. The molecule has 0 radical (unpaired) electrons. The second-order valence-corrected chi connectivity index (χ2v) is 5.95. The van der Waals surface area contributed by atoms with Crippen LogP contribution < -0.4 is 4.74 Å². The summed E-state index contributed by atoms with van der Waals surface area (Å²) in [4.78, 5) is 0. The van der Waals surface area contributed by atoms with Crippen molar-refractivity contribution in [2.75, 3.05) is 7.11 Å². The number of methoxy groups -OCH3 is 1. The van der Waals surface area contributed by atoms with E-state index in [9.17, 15) is 9.50 Å². The largest absolute Gasteiger partial charge is 0.496 e. The Labute approximate surface area is 132 Å². The molecule has 0 aliphatic rings. The van der Waals surface area contributed by atoms with Crippen molar-refractivity contribution in [3.63, 3.8) is 0 Å². The van der Waals surface area contributed by atoms with Gasteiger partial charge < -0.3 is 9.84 Å². The standard InChI is InChI=1S/C17H18BrFO2/c1-10(2)13-8-15(21-3)14(9-20)16(17(13)18)11-4-6-12(19)7-5-11/h4-8,10,20H,9H2,1-3H3. The minimum absolute atomic E-state index is 0.146. The highest BCUT2D eigenvalue weighted by atomic mass is 79.9. The second-order valence-electron chi connectivity index (χ2n) is 5.16. The third-order valence-corrected chi connectivity index (χ3v) is 4.35. The Morgan fingerprint density at radius 2 is 1.86 bits per heavy atom. The van der Waals surface area contributed by atoms with Crippen molar-refractivity contribution >= 4 is 15.9 Å². The molecule has 1 N–H and O–H groups in total. The van der Waals surface area contributed by atoms with Crippen molar-refractivity contribution in [2.24, 2.45) is 0 Å². The molecule has 0 aliphatic heterocycles. The molecule has 0 saturated carbocycles. The summed E-state index contributed by atoms with van der Waals surface area (Å²) in [6.45, 7) is 4.03. The maximum Gasteiger partial charge on any atom is 0.125 e. The summed E-state index contributed by atoms with van der Waals surface area (Å²) in [6.07, 6.45) is 0. The molecule has 0 aromatic heterocycles. The first-order chi connectivity index (χ1) is 9.99. The van der Waals surface area contributed by atoms with Crippen molar-refractivity contribution in [1.82, 2.24) is 0 Å². The molecule has 0 heterocycles. The van der Waals surface area contributed by atoms with E-state index in [1.165, 1.54) is 12.1 Å². The van der Waals surface area contributed by atoms with Crippen LogP contribution in [0.3, 0.4) is 0 Å². The van der Waals surface area contributed by atoms with Gasteiger partial charge in [-0.2, -0.15) is 0 Å². The van der Waals surface area contributed by atoms with Gasteiger partial charge in [-0.3, -0.25) is 0 Å². The van der Waals surface area contributed by atoms with Crippen LogP contribution in [0.4, 0.5) is 4.39 Å². The van der Waals surface area contributed by atoms with Crippen molar-refractivity contribution < 1.29 is 14.2 Å². The molecule has 0 fully saturated rings. The van der Waals surface area contributed by atoms with Gasteiger partial charge in [-0.1, -0.05) is 26.0 Å². The number of aliphatic hydroxyl groups is 1. The van der Waals surface area contributed by atoms with Gasteiger partial charge >= 0.3 is 0 Å². The van der Waals surface area contributed by atoms with Gasteiger partial charge in [0.05, 0.1) is 13.7 Å². The minimum atomic E-state index is -0.285. The van der Waals surface area contributed by atoms with Crippen LogP contribution in [0.2, 0.25) is 0 Å². The molecule has 2 nitrogen and oxygen atoms in total. The van der Waals surface area contributed by atoms with E-state index in [0.29, 0.717) is 17.2 Å². The summed E-state index contributed by atoms with van der Waals surface area (Å²) in [5, 5.41) is 9.73. The quantitative estimate of drug-likeness (QED) is 0.849. The number of hydrogen-bond acceptors (Lipinski definition) is 2. The van der Waals surface area contributed by atoms with Crippen molar-refractivity contribution in [1.29, 1.82) is 0 Å². The van der Waals surface area contributed by atoms with Gasteiger partial charge in [0.2, 0.25) is 0 Å². The zero-order valence-corrected chi connectivity index (χ0v) is 13.9. The number of benzene rings is 2. The van der Waals surface area contributed by atoms with Crippen molar-refractivity contribution in [3.05, 3.63) is 51.7 Å². The van der Waals surface area contributed by atoms with E-state index >= 15 is 0 Å². The van der Waals surface area contributed by atoms with E-state index in [0.717, 1.165) is 21.2 Å². The third kappa shape index (κ3) is 3.11. The van der Waals surface area contributed by atoms with Gasteiger partial charge in [0, 0.05) is 15.6 Å². The normalized spacial score (nSPS) is 11.0. The fourth-order valence-corrected chi connectivity index (χ4v) is 3.41. The fourth-order valence-electron chi connectivity index (χ4n) is 2.37. The minimum Gasteiger partial charge on any atom is -0.496 e. The zero-order valence-electron chi connectivity index (χ0n) is 12.3. The Balaban J connectivity index is 2.77. The zero-order chi connectivity index (χ0) is 15.6. The van der Waals surface area contributed by atoms with Gasteiger partial charge in [-0.05, 0) is 51.2 Å². The molecule has 0 saturated heterocycles. The first-order valence-electron chi connectivity index (χ1n) is 6.75. The molecule has 0 amide bonds. The molecule has 0 unspecified atom stereocenters. The summed E-state index contributed by atoms with van der Waals surface area (Å²) in [5.41, 5.74) is 3.47. The molecule has 21 heavy (non-hydrogen) atoms. The smallest absolute Gasteiger partial charge is 0.125 e. The first-order valence-corrected chi connectivity index (χ1v) is 7.55. The molecule has 2 aromatic rings. The fraction of sp³-hybridized carbons (Fsp3) is 0.294. The average Bonchev–Trinajstić information content (AvgIpc) is 2.47. The van der Waals surface area contributed by atoms with Gasteiger partial charge in [-0.25, -0.2) is 4.39 Å². The van der Waals surface area contributed by atoms with Crippen LogP contribution in [0.15, 0.2) is 34.8 Å². The number of rotatable bonds is 4. The molecular weight excluding hydrogens is 335 g/mol. The number of halogens is 2. The van der Waals surface area contributed by atoms with E-state index < -0.39 is 0 Å². The summed E-state index contributed by atoms with van der Waals surface area (Å²) >= 11 is 3.63. The van der Waals surface area contributed by atoms with Gasteiger partial charge in [0.15, 0.2) is 0 Å². The lowest BCUT2D eigenvalue weighted by atomic mass is 9.92. The molecule has 0 aliphatic carbocycles. The lowest BCUT2D eigenvalue weighted by molar-refractivity contribution is 0.274. The van der Waals surface area contributed by atoms with E-state index in [-0.39, 0.29) is 12.4 Å². The maximum atomic E-state index is 13.2. The lowest BCUT2D eigenvalue weighted by Gasteiger charge is -2.20. The SMILES string of the molecule is COc1cc(C(C)C)c(Br)c(-c2ccc(F)cc2)c1CO. The monoisotopic (exact) mass is 352 g/mol. The Bertz CT molecular complexity index is 636. The topological polar surface area (TPSA) is 29.5 Å². The molecule has 0 atom stereocenters. The Kier molecular flexibility index (Phi) is 5.01. The lowest BCUT2D eigenvalue weighted by Crippen LogP contribution is -2.01. The van der Waals surface area contributed by atoms with Crippen LogP contribution in [0, 0.1) is 5.82 Å². The number of aliphatic hydroxyl groups excluding tert-OH is 1. The van der Waals surface area contributed by atoms with Crippen LogP contribution in [0.1, 0.15) is 30.9 Å². The van der Waals surface area contributed by atoms with E-state index in [1.807, 2.05) is 6.07 Å². The van der Waals surface area contributed by atoms with Gasteiger partial charge in [0.1, 0.15) is 11.6 Å². The molecular formula is C17H18BrFO2. The summed E-state index contributed by atoms with van der Waals surface area (Å²) in [6, 6.07) is 8.18. The van der Waals surface area contributed by atoms with Crippen molar-refractivity contribution in [2.45, 2.75) is 26.4 Å². The molecule has 0 spiro atoms. The van der Waals surface area contributed by atoms with E-state index in [2.05, 4.69) is 29.8 Å². The predicted octanol–water partition coefficient (Wildman–Crippen LogP) is 4.88. The predicted molar refractivity (Wildman–Crippen MR) is 86.1 cm³/mol. The van der Waals surface area contributed by atoms with Crippen LogP contribution in [0.5, 0.6) is 5.75 Å². The Morgan fingerprint density at radius 1 is 1.24 bits per heavy atom. The Morgan fingerprint density at radius 3 is 2.33 bits per heavy atom. The van der Waals surface area contributed by atoms with Gasteiger partial charge in [0.25, 0.3) is 0 Å². The van der Waals surface area contributed by atoms with E-state index in [1.54, 1.807) is 19.2 Å². The average molecular weight is 353 g/mol. The van der Waals surface area contributed by atoms with Gasteiger partial charge in [-0.15, -0.1) is 0 Å². The highest BCUT2D eigenvalue weighted by molar-refractivity contribution is 9.10. The maximum absolute atomic E-state index is 13.2. The van der Waals surface area contributed by atoms with E-state index in [4.69, 9.17) is 4.74 Å². The van der Waals surface area contributed by atoms with Crippen molar-refractivity contribution in [3.8, 4) is 16.9 Å². The number of hydrogen-bond donors (Lipinski definition) is 1. The van der Waals surface area contributed by atoms with Crippen LogP contribution in [-0.2, 0) is 6.61 Å². The molecule has 112 valence electrons. The second kappa shape index (κ2) is 6.58. The number of ether oxygens (including phenoxy) is 1. The summed E-state index contributed by atoms with van der Waals surface area (Å²) < 4.78 is 19.5. The first kappa shape index (κ1) is 16.0. The molecule has 4 heteroatoms. The highest BCUT2D eigenvalue weighted by Crippen LogP contribution is 2.42. The summed E-state index contributed by atoms with van der Waals surface area (Å²) in [5.74, 6) is 0.649. The summed E-state index contributed by atoms with van der Waals surface area (Å²) in [7, 11) is 1.58. The van der Waals surface area contributed by atoms with Crippen LogP contribution in [-0.4, -0.2) is 12.2 Å². The molecule has 2 aromatic carbocycles. The highest BCUT2D eigenvalue weighted by Gasteiger charge is 2.19. The molecule has 0 bridgehead atoms. The molecule has 2 rings (SSSR count). The Hall–Kier alpha value is -1.39. The van der Waals surface area contributed by atoms with Crippen LogP contribution in [0.25, 0.3) is 11.1 Å². The van der Waals surface area contributed by atoms with Crippen LogP contribution >= 0.6 is 15.9 Å².